The number of amides is 1. The van der Waals surface area contributed by atoms with Crippen LogP contribution in [0.1, 0.15) is 6.42 Å². The SMILES string of the molecule is O=C(C1CSCN1)N1CCCN(S(=O)(=O)c2cccs2)CC1. The van der Waals surface area contributed by atoms with Crippen molar-refractivity contribution >= 4 is 39.0 Å². The molecule has 6 nitrogen and oxygen atoms in total. The molecule has 3 rings (SSSR count). The monoisotopic (exact) mass is 361 g/mol. The highest BCUT2D eigenvalue weighted by atomic mass is 32.2. The molecule has 1 atom stereocenters. The number of carbonyl (C=O) groups is 1. The van der Waals surface area contributed by atoms with Gasteiger partial charge in [-0.1, -0.05) is 6.07 Å². The lowest BCUT2D eigenvalue weighted by molar-refractivity contribution is -0.132. The first-order chi connectivity index (χ1) is 10.6. The molecule has 1 aromatic heterocycles. The van der Waals surface area contributed by atoms with Gasteiger partial charge >= 0.3 is 0 Å². The Bertz CT molecular complexity index is 612. The maximum absolute atomic E-state index is 12.6. The predicted octanol–water partition coefficient (Wildman–Crippen LogP) is 0.634. The average Bonchev–Trinajstić information content (AvgIpc) is 3.16. The van der Waals surface area contributed by atoms with Crippen molar-refractivity contribution in [2.45, 2.75) is 16.7 Å². The van der Waals surface area contributed by atoms with Crippen LogP contribution in [0.25, 0.3) is 0 Å². The molecule has 2 aliphatic rings. The molecule has 1 amide bonds. The first kappa shape index (κ1) is 16.3. The van der Waals surface area contributed by atoms with E-state index in [1.807, 2.05) is 0 Å². The minimum absolute atomic E-state index is 0.0976. The lowest BCUT2D eigenvalue weighted by atomic mass is 10.2. The van der Waals surface area contributed by atoms with Crippen molar-refractivity contribution in [1.29, 1.82) is 0 Å². The van der Waals surface area contributed by atoms with Gasteiger partial charge in [0.15, 0.2) is 0 Å². The van der Waals surface area contributed by atoms with Crippen molar-refractivity contribution in [3.05, 3.63) is 17.5 Å². The molecule has 2 saturated heterocycles. The van der Waals surface area contributed by atoms with E-state index in [1.54, 1.807) is 34.2 Å². The normalized spacial score (nSPS) is 24.4. The van der Waals surface area contributed by atoms with Gasteiger partial charge in [0.1, 0.15) is 4.21 Å². The highest BCUT2D eigenvalue weighted by molar-refractivity contribution is 7.99. The van der Waals surface area contributed by atoms with E-state index in [2.05, 4.69) is 5.32 Å². The van der Waals surface area contributed by atoms with Gasteiger partial charge in [0.25, 0.3) is 10.0 Å². The fraction of sp³-hybridized carbons (Fsp3) is 0.615. The summed E-state index contributed by atoms with van der Waals surface area (Å²) in [6.07, 6.45) is 0.677. The van der Waals surface area contributed by atoms with Crippen LogP contribution in [0.5, 0.6) is 0 Å². The zero-order valence-corrected chi connectivity index (χ0v) is 14.6. The van der Waals surface area contributed by atoms with E-state index < -0.39 is 10.0 Å². The number of nitrogens with zero attached hydrogens (tertiary/aromatic N) is 2. The van der Waals surface area contributed by atoms with Crippen molar-refractivity contribution in [1.82, 2.24) is 14.5 Å². The Hall–Kier alpha value is -0.610. The fourth-order valence-electron chi connectivity index (χ4n) is 2.67. The molecule has 0 radical (unpaired) electrons. The third-order valence-corrected chi connectivity index (χ3v) is 8.08. The topological polar surface area (TPSA) is 69.7 Å². The van der Waals surface area contributed by atoms with Crippen LogP contribution >= 0.6 is 23.1 Å². The number of sulfonamides is 1. The molecule has 0 bridgehead atoms. The van der Waals surface area contributed by atoms with Crippen LogP contribution in [-0.4, -0.2) is 67.4 Å². The quantitative estimate of drug-likeness (QED) is 0.855. The molecule has 1 N–H and O–H groups in total. The third-order valence-electron chi connectivity index (χ3n) is 3.87. The molecular weight excluding hydrogens is 342 g/mol. The Kier molecular flexibility index (Phi) is 5.08. The second kappa shape index (κ2) is 6.88. The smallest absolute Gasteiger partial charge is 0.252 e. The highest BCUT2D eigenvalue weighted by Gasteiger charge is 2.32. The Morgan fingerprint density at radius 3 is 2.82 bits per heavy atom. The lowest BCUT2D eigenvalue weighted by Gasteiger charge is -2.24. The van der Waals surface area contributed by atoms with Crippen LogP contribution in [-0.2, 0) is 14.8 Å². The molecule has 1 aromatic rings. The highest BCUT2D eigenvalue weighted by Crippen LogP contribution is 2.22. The summed E-state index contributed by atoms with van der Waals surface area (Å²) < 4.78 is 27.0. The molecule has 0 saturated carbocycles. The summed E-state index contributed by atoms with van der Waals surface area (Å²) in [4.78, 5) is 14.2. The molecule has 0 spiro atoms. The largest absolute Gasteiger partial charge is 0.340 e. The zero-order valence-electron chi connectivity index (χ0n) is 12.1. The van der Waals surface area contributed by atoms with Gasteiger partial charge in [-0.3, -0.25) is 10.1 Å². The van der Waals surface area contributed by atoms with Crippen molar-refractivity contribution in [2.75, 3.05) is 37.8 Å². The van der Waals surface area contributed by atoms with Gasteiger partial charge in [-0.05, 0) is 17.9 Å². The Labute approximate surface area is 138 Å². The molecule has 2 fully saturated rings. The molecule has 1 unspecified atom stereocenters. The van der Waals surface area contributed by atoms with Crippen molar-refractivity contribution in [3.8, 4) is 0 Å². The van der Waals surface area contributed by atoms with Crippen LogP contribution < -0.4 is 5.32 Å². The first-order valence-corrected chi connectivity index (χ1v) is 10.7. The third kappa shape index (κ3) is 3.33. The van der Waals surface area contributed by atoms with E-state index in [0.717, 1.165) is 11.6 Å². The minimum Gasteiger partial charge on any atom is -0.340 e. The Balaban J connectivity index is 1.66. The van der Waals surface area contributed by atoms with Crippen molar-refractivity contribution in [3.63, 3.8) is 0 Å². The predicted molar refractivity (Wildman–Crippen MR) is 88.5 cm³/mol. The molecule has 22 heavy (non-hydrogen) atoms. The van der Waals surface area contributed by atoms with Gasteiger partial charge in [-0.25, -0.2) is 8.42 Å². The number of nitrogens with one attached hydrogen (secondary N) is 1. The lowest BCUT2D eigenvalue weighted by Crippen LogP contribution is -2.46. The number of thiophene rings is 1. The van der Waals surface area contributed by atoms with E-state index in [9.17, 15) is 13.2 Å². The van der Waals surface area contributed by atoms with Gasteiger partial charge in [0.05, 0.1) is 6.04 Å². The average molecular weight is 362 g/mol. The second-order valence-corrected chi connectivity index (χ2v) is 9.43. The standard InChI is InChI=1S/C13H19N3O3S3/c17-13(11-9-20-10-14-11)15-4-2-5-16(7-6-15)22(18,19)12-3-1-8-21-12/h1,3,8,11,14H,2,4-7,9-10H2. The van der Waals surface area contributed by atoms with Crippen LogP contribution in [0, 0.1) is 0 Å². The first-order valence-electron chi connectivity index (χ1n) is 7.22. The maximum Gasteiger partial charge on any atom is 0.252 e. The van der Waals surface area contributed by atoms with Gasteiger partial charge < -0.3 is 4.90 Å². The number of rotatable bonds is 3. The molecule has 0 aromatic carbocycles. The summed E-state index contributed by atoms with van der Waals surface area (Å²) in [6, 6.07) is 3.26. The Morgan fingerprint density at radius 2 is 2.14 bits per heavy atom. The number of hydrogen-bond acceptors (Lipinski definition) is 6. The van der Waals surface area contributed by atoms with Crippen LogP contribution in [0.3, 0.4) is 0 Å². The van der Waals surface area contributed by atoms with Crippen LogP contribution in [0.15, 0.2) is 21.7 Å². The summed E-state index contributed by atoms with van der Waals surface area (Å²) in [5.41, 5.74) is 0. The summed E-state index contributed by atoms with van der Waals surface area (Å²) in [7, 11) is -3.42. The zero-order chi connectivity index (χ0) is 15.6. The number of hydrogen-bond donors (Lipinski definition) is 1. The van der Waals surface area contributed by atoms with Gasteiger partial charge in [-0.15, -0.1) is 23.1 Å². The van der Waals surface area contributed by atoms with E-state index >= 15 is 0 Å². The Morgan fingerprint density at radius 1 is 1.27 bits per heavy atom. The molecule has 0 aliphatic carbocycles. The number of carbonyl (C=O) groups excluding carboxylic acids is 1. The van der Waals surface area contributed by atoms with E-state index in [-0.39, 0.29) is 11.9 Å². The summed E-state index contributed by atoms with van der Waals surface area (Å²) in [5, 5.41) is 4.95. The molecule has 2 aliphatic heterocycles. The van der Waals surface area contributed by atoms with E-state index in [4.69, 9.17) is 0 Å². The van der Waals surface area contributed by atoms with Crippen LogP contribution in [0.2, 0.25) is 0 Å². The summed E-state index contributed by atoms with van der Waals surface area (Å²) in [5.74, 6) is 1.70. The number of thioether (sulfide) groups is 1. The maximum atomic E-state index is 12.6. The van der Waals surface area contributed by atoms with Crippen LogP contribution in [0.4, 0.5) is 0 Å². The second-order valence-electron chi connectivity index (χ2n) is 5.29. The van der Waals surface area contributed by atoms with Crippen molar-refractivity contribution < 1.29 is 13.2 Å². The fourth-order valence-corrected chi connectivity index (χ4v) is 6.21. The van der Waals surface area contributed by atoms with Crippen molar-refractivity contribution in [2.24, 2.45) is 0 Å². The minimum atomic E-state index is -3.42. The van der Waals surface area contributed by atoms with Gasteiger partial charge in [-0.2, -0.15) is 4.31 Å². The van der Waals surface area contributed by atoms with E-state index in [1.165, 1.54) is 15.6 Å². The molecular formula is C13H19N3O3S3. The molecule has 122 valence electrons. The van der Waals surface area contributed by atoms with Gasteiger partial charge in [0, 0.05) is 37.8 Å². The molecule has 9 heteroatoms. The van der Waals surface area contributed by atoms with E-state index in [0.29, 0.717) is 36.8 Å². The van der Waals surface area contributed by atoms with Gasteiger partial charge in [0.2, 0.25) is 5.91 Å². The summed E-state index contributed by atoms with van der Waals surface area (Å²) >= 11 is 2.95. The summed E-state index contributed by atoms with van der Waals surface area (Å²) in [6.45, 7) is 1.92. The molecule has 3 heterocycles.